The fourth-order valence-corrected chi connectivity index (χ4v) is 2.61. The van der Waals surface area contributed by atoms with Crippen LogP contribution in [0, 0.1) is 0 Å². The summed E-state index contributed by atoms with van der Waals surface area (Å²) in [6, 6.07) is 6.16. The van der Waals surface area contributed by atoms with Gasteiger partial charge in [-0.3, -0.25) is 10.1 Å². The van der Waals surface area contributed by atoms with E-state index in [9.17, 15) is 13.6 Å². The van der Waals surface area contributed by atoms with Crippen LogP contribution in [0.5, 0.6) is 0 Å². The molecule has 2 heterocycles. The van der Waals surface area contributed by atoms with Gasteiger partial charge in [0.05, 0.1) is 12.6 Å². The molecular weight excluding hydrogens is 342 g/mol. The van der Waals surface area contributed by atoms with Gasteiger partial charge in [-0.2, -0.15) is 4.98 Å². The van der Waals surface area contributed by atoms with Crippen LogP contribution in [0.15, 0.2) is 28.8 Å². The van der Waals surface area contributed by atoms with Gasteiger partial charge in [0.2, 0.25) is 17.6 Å². The molecule has 0 aliphatic carbocycles. The molecule has 1 aliphatic heterocycles. The highest BCUT2D eigenvalue weighted by Crippen LogP contribution is 2.25. The molecule has 6 nitrogen and oxygen atoms in total. The second-order valence-electron chi connectivity index (χ2n) is 5.56. The number of hydrogen-bond donors (Lipinski definition) is 2. The summed E-state index contributed by atoms with van der Waals surface area (Å²) >= 11 is 5.91. The Hall–Kier alpha value is -2.06. The normalized spacial score (nSPS) is 19.4. The Bertz CT molecular complexity index is 738. The number of rotatable bonds is 5. The molecule has 0 spiro atoms. The molecule has 0 bridgehead atoms. The lowest BCUT2D eigenvalue weighted by atomic mass is 10.2. The topological polar surface area (TPSA) is 80.1 Å². The van der Waals surface area contributed by atoms with Crippen molar-refractivity contribution in [1.82, 2.24) is 20.8 Å². The van der Waals surface area contributed by atoms with E-state index in [-0.39, 0.29) is 6.54 Å². The number of halogens is 3. The summed E-state index contributed by atoms with van der Waals surface area (Å²) in [6.07, 6.45) is -0.180. The van der Waals surface area contributed by atoms with E-state index in [0.717, 1.165) is 5.56 Å². The number of hydrogen-bond acceptors (Lipinski definition) is 5. The maximum absolute atomic E-state index is 13.0. The predicted molar refractivity (Wildman–Crippen MR) is 82.8 cm³/mol. The third kappa shape index (κ3) is 4.07. The van der Waals surface area contributed by atoms with E-state index in [1.165, 1.54) is 0 Å². The summed E-state index contributed by atoms with van der Waals surface area (Å²) in [4.78, 5) is 16.0. The van der Waals surface area contributed by atoms with Gasteiger partial charge >= 0.3 is 0 Å². The molecule has 1 aromatic heterocycles. The van der Waals surface area contributed by atoms with Crippen molar-refractivity contribution in [1.29, 1.82) is 0 Å². The number of carbonyl (C=O) groups is 1. The van der Waals surface area contributed by atoms with E-state index in [1.54, 1.807) is 24.3 Å². The van der Waals surface area contributed by atoms with Crippen molar-refractivity contribution in [3.8, 4) is 11.4 Å². The molecule has 1 unspecified atom stereocenters. The summed E-state index contributed by atoms with van der Waals surface area (Å²) < 4.78 is 31.2. The molecule has 1 aromatic carbocycles. The third-order valence-electron chi connectivity index (χ3n) is 3.62. The number of nitrogens with one attached hydrogen (secondary N) is 2. The van der Waals surface area contributed by atoms with Gasteiger partial charge < -0.3 is 9.84 Å². The van der Waals surface area contributed by atoms with Crippen molar-refractivity contribution in [3.63, 3.8) is 0 Å². The lowest BCUT2D eigenvalue weighted by molar-refractivity contribution is -0.123. The molecular formula is C15H15ClF2N4O2. The Morgan fingerprint density at radius 1 is 1.50 bits per heavy atom. The standard InChI is InChI=1S/C15H15ClF2N4O2/c16-10-3-1-2-9(6-10)13-21-12(24-22-13)4-5-19-14(23)11-7-15(17,18)8-20-11/h1-3,6,11,20H,4-5,7-8H2,(H,19,23). The Labute approximate surface area is 141 Å². The van der Waals surface area contributed by atoms with Gasteiger partial charge in [-0.05, 0) is 12.1 Å². The summed E-state index contributed by atoms with van der Waals surface area (Å²) in [5.41, 5.74) is 0.721. The van der Waals surface area contributed by atoms with Gasteiger partial charge in [-0.1, -0.05) is 28.9 Å². The van der Waals surface area contributed by atoms with Crippen LogP contribution in [0.25, 0.3) is 11.4 Å². The van der Waals surface area contributed by atoms with Gasteiger partial charge in [0.1, 0.15) is 0 Å². The lowest BCUT2D eigenvalue weighted by Crippen LogP contribution is -2.41. The lowest BCUT2D eigenvalue weighted by Gasteiger charge is -2.10. The highest BCUT2D eigenvalue weighted by atomic mass is 35.5. The van der Waals surface area contributed by atoms with E-state index >= 15 is 0 Å². The summed E-state index contributed by atoms with van der Waals surface area (Å²) in [6.45, 7) is -0.252. The van der Waals surface area contributed by atoms with E-state index in [2.05, 4.69) is 20.8 Å². The molecule has 1 aliphatic rings. The van der Waals surface area contributed by atoms with Crippen LogP contribution in [0.2, 0.25) is 5.02 Å². The van der Waals surface area contributed by atoms with E-state index in [0.29, 0.717) is 23.2 Å². The summed E-state index contributed by atoms with van der Waals surface area (Å²) in [5.74, 6) is -2.55. The molecule has 1 atom stereocenters. The van der Waals surface area contributed by atoms with E-state index in [4.69, 9.17) is 16.1 Å². The van der Waals surface area contributed by atoms with Gasteiger partial charge in [-0.15, -0.1) is 0 Å². The zero-order valence-corrected chi connectivity index (χ0v) is 13.3. The Morgan fingerprint density at radius 3 is 3.04 bits per heavy atom. The van der Waals surface area contributed by atoms with Crippen LogP contribution < -0.4 is 10.6 Å². The number of carbonyl (C=O) groups excluding carboxylic acids is 1. The smallest absolute Gasteiger partial charge is 0.262 e. The fourth-order valence-electron chi connectivity index (χ4n) is 2.42. The van der Waals surface area contributed by atoms with Crippen molar-refractivity contribution in [2.45, 2.75) is 24.8 Å². The zero-order valence-electron chi connectivity index (χ0n) is 12.6. The minimum Gasteiger partial charge on any atom is -0.354 e. The molecule has 0 saturated carbocycles. The highest BCUT2D eigenvalue weighted by molar-refractivity contribution is 6.30. The first-order valence-electron chi connectivity index (χ1n) is 7.40. The molecule has 1 fully saturated rings. The quantitative estimate of drug-likeness (QED) is 0.857. The van der Waals surface area contributed by atoms with E-state index < -0.39 is 30.8 Å². The van der Waals surface area contributed by atoms with Crippen molar-refractivity contribution in [2.24, 2.45) is 0 Å². The van der Waals surface area contributed by atoms with Crippen molar-refractivity contribution in [2.75, 3.05) is 13.1 Å². The fraction of sp³-hybridized carbons (Fsp3) is 0.400. The van der Waals surface area contributed by atoms with Crippen molar-refractivity contribution in [3.05, 3.63) is 35.2 Å². The minimum absolute atomic E-state index is 0.222. The largest absolute Gasteiger partial charge is 0.354 e. The number of nitrogens with zero attached hydrogens (tertiary/aromatic N) is 2. The molecule has 0 radical (unpaired) electrons. The summed E-state index contributed by atoms with van der Waals surface area (Å²) in [7, 11) is 0. The average Bonchev–Trinajstić information content (AvgIpc) is 3.14. The first kappa shape index (κ1) is 16.8. The molecule has 128 valence electrons. The second-order valence-corrected chi connectivity index (χ2v) is 5.99. The van der Waals surface area contributed by atoms with Crippen LogP contribution in [0.4, 0.5) is 8.78 Å². The summed E-state index contributed by atoms with van der Waals surface area (Å²) in [5, 5.41) is 9.50. The van der Waals surface area contributed by atoms with Crippen molar-refractivity contribution >= 4 is 17.5 Å². The predicted octanol–water partition coefficient (Wildman–Crippen LogP) is 2.05. The molecule has 2 N–H and O–H groups in total. The maximum Gasteiger partial charge on any atom is 0.262 e. The van der Waals surface area contributed by atoms with Crippen LogP contribution in [0.3, 0.4) is 0 Å². The first-order chi connectivity index (χ1) is 11.4. The second kappa shape index (κ2) is 6.82. The Balaban J connectivity index is 1.50. The first-order valence-corrected chi connectivity index (χ1v) is 7.78. The van der Waals surface area contributed by atoms with Crippen LogP contribution in [-0.2, 0) is 11.2 Å². The monoisotopic (exact) mass is 356 g/mol. The number of alkyl halides is 2. The third-order valence-corrected chi connectivity index (χ3v) is 3.85. The SMILES string of the molecule is O=C(NCCc1nc(-c2cccc(Cl)c2)no1)C1CC(F)(F)CN1. The Kier molecular flexibility index (Phi) is 4.77. The number of amides is 1. The van der Waals surface area contributed by atoms with E-state index in [1.807, 2.05) is 0 Å². The van der Waals surface area contributed by atoms with Gasteiger partial charge in [0, 0.05) is 30.0 Å². The molecule has 24 heavy (non-hydrogen) atoms. The molecule has 2 aromatic rings. The zero-order chi connectivity index (χ0) is 17.2. The minimum atomic E-state index is -2.83. The molecule has 9 heteroatoms. The molecule has 1 saturated heterocycles. The number of aromatic nitrogens is 2. The maximum atomic E-state index is 13.0. The van der Waals surface area contributed by atoms with Crippen LogP contribution in [0.1, 0.15) is 12.3 Å². The average molecular weight is 357 g/mol. The van der Waals surface area contributed by atoms with Gasteiger partial charge in [0.25, 0.3) is 5.92 Å². The highest BCUT2D eigenvalue weighted by Gasteiger charge is 2.42. The molecule has 3 rings (SSSR count). The number of benzene rings is 1. The molecule has 1 amide bonds. The Morgan fingerprint density at radius 2 is 2.33 bits per heavy atom. The van der Waals surface area contributed by atoms with Crippen LogP contribution >= 0.6 is 11.6 Å². The van der Waals surface area contributed by atoms with Crippen molar-refractivity contribution < 1.29 is 18.1 Å². The van der Waals surface area contributed by atoms with Gasteiger partial charge in [0.15, 0.2) is 0 Å². The van der Waals surface area contributed by atoms with Crippen LogP contribution in [-0.4, -0.2) is 41.1 Å². The van der Waals surface area contributed by atoms with Gasteiger partial charge in [-0.25, -0.2) is 8.78 Å².